The molecule has 1 N–H and O–H groups in total. The average molecular weight is 341 g/mol. The van der Waals surface area contributed by atoms with E-state index >= 15 is 0 Å². The normalized spacial score (nSPS) is 18.3. The Hall–Kier alpha value is -2.18. The molecule has 4 rings (SSSR count). The maximum Gasteiger partial charge on any atom is 0.268 e. The second kappa shape index (κ2) is 6.37. The van der Waals surface area contributed by atoms with Gasteiger partial charge in [0.1, 0.15) is 16.3 Å². The summed E-state index contributed by atoms with van der Waals surface area (Å²) in [4.78, 5) is 22.1. The summed E-state index contributed by atoms with van der Waals surface area (Å²) in [6.45, 7) is 1.68. The number of hydrogen-bond acceptors (Lipinski definition) is 5. The highest BCUT2D eigenvalue weighted by molar-refractivity contribution is 7.17. The standard InChI is InChI=1S/C18H19N3O2S/c1-23-13-6-4-12(5-7-13)15-3-2-9-21(15)11-16-19-14-8-10-24-17(14)18(22)20-16/h4-8,10,15H,2-3,9,11H2,1H3,(H,19,20,22)/t15-/m0/s1. The maximum absolute atomic E-state index is 12.1. The third-order valence-corrected chi connectivity index (χ3v) is 5.48. The van der Waals surface area contributed by atoms with Crippen molar-refractivity contribution in [3.63, 3.8) is 0 Å². The minimum absolute atomic E-state index is 0.0369. The molecule has 24 heavy (non-hydrogen) atoms. The van der Waals surface area contributed by atoms with Gasteiger partial charge in [0.2, 0.25) is 0 Å². The SMILES string of the molecule is COc1ccc([C@@H]2CCCN2Cc2nc3ccsc3c(=O)[nH]2)cc1. The first-order chi connectivity index (χ1) is 11.7. The predicted molar refractivity (Wildman–Crippen MR) is 95.6 cm³/mol. The zero-order valence-electron chi connectivity index (χ0n) is 13.5. The molecule has 0 bridgehead atoms. The Labute approximate surface area is 143 Å². The summed E-state index contributed by atoms with van der Waals surface area (Å²) in [6.07, 6.45) is 2.28. The molecule has 0 amide bonds. The van der Waals surface area contributed by atoms with E-state index in [1.165, 1.54) is 16.9 Å². The number of methoxy groups -OCH3 is 1. The van der Waals surface area contributed by atoms with Gasteiger partial charge in [0.15, 0.2) is 0 Å². The molecule has 0 unspecified atom stereocenters. The molecule has 1 aliphatic heterocycles. The summed E-state index contributed by atoms with van der Waals surface area (Å²) in [6, 6.07) is 10.5. The summed E-state index contributed by atoms with van der Waals surface area (Å²) in [5.74, 6) is 1.61. The first-order valence-electron chi connectivity index (χ1n) is 8.09. The van der Waals surface area contributed by atoms with E-state index in [2.05, 4.69) is 27.0 Å². The molecule has 1 atom stereocenters. The Bertz CT molecular complexity index is 901. The lowest BCUT2D eigenvalue weighted by molar-refractivity contribution is 0.242. The van der Waals surface area contributed by atoms with Gasteiger partial charge in [-0.15, -0.1) is 11.3 Å². The maximum atomic E-state index is 12.1. The van der Waals surface area contributed by atoms with Crippen LogP contribution in [0.15, 0.2) is 40.5 Å². The van der Waals surface area contributed by atoms with Crippen molar-refractivity contribution in [2.45, 2.75) is 25.4 Å². The highest BCUT2D eigenvalue weighted by atomic mass is 32.1. The molecular weight excluding hydrogens is 322 g/mol. The number of likely N-dealkylation sites (tertiary alicyclic amines) is 1. The Balaban J connectivity index is 1.58. The second-order valence-corrected chi connectivity index (χ2v) is 6.97. The summed E-state index contributed by atoms with van der Waals surface area (Å²) in [5, 5.41) is 1.91. The molecule has 0 spiro atoms. The number of aromatic nitrogens is 2. The summed E-state index contributed by atoms with van der Waals surface area (Å²) in [5.41, 5.74) is 2.04. The minimum atomic E-state index is -0.0369. The van der Waals surface area contributed by atoms with Crippen LogP contribution in [-0.4, -0.2) is 28.5 Å². The van der Waals surface area contributed by atoms with Crippen LogP contribution >= 0.6 is 11.3 Å². The first kappa shape index (κ1) is 15.4. The minimum Gasteiger partial charge on any atom is -0.497 e. The smallest absolute Gasteiger partial charge is 0.268 e. The van der Waals surface area contributed by atoms with Crippen molar-refractivity contribution in [3.05, 3.63) is 57.5 Å². The van der Waals surface area contributed by atoms with Gasteiger partial charge >= 0.3 is 0 Å². The van der Waals surface area contributed by atoms with Crippen molar-refractivity contribution < 1.29 is 4.74 Å². The molecule has 1 fully saturated rings. The number of ether oxygens (including phenoxy) is 1. The molecule has 2 aromatic heterocycles. The van der Waals surface area contributed by atoms with E-state index in [-0.39, 0.29) is 5.56 Å². The summed E-state index contributed by atoms with van der Waals surface area (Å²) < 4.78 is 5.94. The van der Waals surface area contributed by atoms with Gasteiger partial charge in [0.25, 0.3) is 5.56 Å². The van der Waals surface area contributed by atoms with Gasteiger partial charge in [-0.3, -0.25) is 9.69 Å². The number of aromatic amines is 1. The van der Waals surface area contributed by atoms with E-state index in [0.717, 1.165) is 36.5 Å². The predicted octanol–water partition coefficient (Wildman–Crippen LogP) is 3.33. The fourth-order valence-corrected chi connectivity index (χ4v) is 4.13. The van der Waals surface area contributed by atoms with Crippen LogP contribution in [0.25, 0.3) is 10.2 Å². The third-order valence-electron chi connectivity index (χ3n) is 4.58. The van der Waals surface area contributed by atoms with Crippen molar-refractivity contribution >= 4 is 21.6 Å². The van der Waals surface area contributed by atoms with Crippen molar-refractivity contribution in [3.8, 4) is 5.75 Å². The lowest BCUT2D eigenvalue weighted by Crippen LogP contribution is -2.25. The quantitative estimate of drug-likeness (QED) is 0.791. The van der Waals surface area contributed by atoms with Crippen molar-refractivity contribution in [2.24, 2.45) is 0 Å². The number of nitrogens with zero attached hydrogens (tertiary/aromatic N) is 2. The number of nitrogens with one attached hydrogen (secondary N) is 1. The fourth-order valence-electron chi connectivity index (χ4n) is 3.41. The summed E-state index contributed by atoms with van der Waals surface area (Å²) in [7, 11) is 1.68. The van der Waals surface area contributed by atoms with Crippen LogP contribution in [0.3, 0.4) is 0 Å². The summed E-state index contributed by atoms with van der Waals surface area (Å²) >= 11 is 1.43. The van der Waals surface area contributed by atoms with Crippen LogP contribution in [-0.2, 0) is 6.54 Å². The van der Waals surface area contributed by atoms with E-state index in [1.807, 2.05) is 23.6 Å². The molecule has 0 saturated carbocycles. The topological polar surface area (TPSA) is 58.2 Å². The van der Waals surface area contributed by atoms with Crippen LogP contribution in [0.5, 0.6) is 5.75 Å². The molecule has 6 heteroatoms. The number of fused-ring (bicyclic) bond motifs is 1. The Morgan fingerprint density at radius 3 is 2.96 bits per heavy atom. The van der Waals surface area contributed by atoms with Gasteiger partial charge in [-0.2, -0.15) is 0 Å². The van der Waals surface area contributed by atoms with E-state index in [4.69, 9.17) is 4.74 Å². The van der Waals surface area contributed by atoms with E-state index in [0.29, 0.717) is 17.3 Å². The van der Waals surface area contributed by atoms with Gasteiger partial charge in [-0.05, 0) is 48.5 Å². The van der Waals surface area contributed by atoms with E-state index < -0.39 is 0 Å². The van der Waals surface area contributed by atoms with Crippen molar-refractivity contribution in [1.82, 2.24) is 14.9 Å². The highest BCUT2D eigenvalue weighted by Gasteiger charge is 2.26. The Kier molecular flexibility index (Phi) is 4.08. The Morgan fingerprint density at radius 1 is 1.33 bits per heavy atom. The van der Waals surface area contributed by atoms with Gasteiger partial charge in [0, 0.05) is 6.04 Å². The number of rotatable bonds is 4. The van der Waals surface area contributed by atoms with Crippen LogP contribution in [0.4, 0.5) is 0 Å². The number of hydrogen-bond donors (Lipinski definition) is 1. The van der Waals surface area contributed by atoms with Gasteiger partial charge in [-0.25, -0.2) is 4.98 Å². The Morgan fingerprint density at radius 2 is 2.17 bits per heavy atom. The highest BCUT2D eigenvalue weighted by Crippen LogP contribution is 2.33. The number of H-pyrrole nitrogens is 1. The molecule has 0 radical (unpaired) electrons. The van der Waals surface area contributed by atoms with Crippen LogP contribution < -0.4 is 10.3 Å². The van der Waals surface area contributed by atoms with Crippen molar-refractivity contribution in [1.29, 1.82) is 0 Å². The van der Waals surface area contributed by atoms with E-state index in [1.54, 1.807) is 7.11 Å². The molecule has 1 saturated heterocycles. The molecule has 124 valence electrons. The monoisotopic (exact) mass is 341 g/mol. The van der Waals surface area contributed by atoms with Crippen LogP contribution in [0.1, 0.15) is 30.3 Å². The van der Waals surface area contributed by atoms with Crippen LogP contribution in [0.2, 0.25) is 0 Å². The molecule has 3 aromatic rings. The van der Waals surface area contributed by atoms with Crippen LogP contribution in [0, 0.1) is 0 Å². The third kappa shape index (κ3) is 2.83. The fraction of sp³-hybridized carbons (Fsp3) is 0.333. The molecule has 3 heterocycles. The second-order valence-electron chi connectivity index (χ2n) is 6.05. The van der Waals surface area contributed by atoms with E-state index in [9.17, 15) is 4.79 Å². The molecule has 1 aromatic carbocycles. The van der Waals surface area contributed by atoms with Gasteiger partial charge < -0.3 is 9.72 Å². The molecule has 5 nitrogen and oxygen atoms in total. The number of benzene rings is 1. The largest absolute Gasteiger partial charge is 0.497 e. The average Bonchev–Trinajstić information content (AvgIpc) is 3.24. The lowest BCUT2D eigenvalue weighted by Gasteiger charge is -2.24. The zero-order chi connectivity index (χ0) is 16.5. The lowest BCUT2D eigenvalue weighted by atomic mass is 10.0. The molecular formula is C18H19N3O2S. The first-order valence-corrected chi connectivity index (χ1v) is 8.97. The van der Waals surface area contributed by atoms with Gasteiger partial charge in [-0.1, -0.05) is 12.1 Å². The zero-order valence-corrected chi connectivity index (χ0v) is 14.3. The number of thiophene rings is 1. The van der Waals surface area contributed by atoms with Gasteiger partial charge in [0.05, 0.1) is 19.2 Å². The molecule has 0 aliphatic carbocycles. The van der Waals surface area contributed by atoms with Crippen molar-refractivity contribution in [2.75, 3.05) is 13.7 Å². The molecule has 1 aliphatic rings.